The molecular weight excluding hydrogens is 511 g/mol. The Morgan fingerprint density at radius 2 is 0.973 bits per heavy atom. The van der Waals surface area contributed by atoms with E-state index in [9.17, 15) is 30.7 Å². The van der Waals surface area contributed by atoms with Crippen LogP contribution < -0.4 is 4.74 Å². The summed E-state index contributed by atoms with van der Waals surface area (Å²) in [6.07, 6.45) is 0. The molecule has 0 spiro atoms. The molecule has 0 amide bonds. The minimum atomic E-state index is -1.95. The van der Waals surface area contributed by atoms with Gasteiger partial charge in [0.1, 0.15) is 17.5 Å². The Balaban J connectivity index is 2.10. The maximum absolute atomic E-state index is 15.2. The first-order valence-electron chi connectivity index (χ1n) is 10.4. The van der Waals surface area contributed by atoms with Crippen LogP contribution in [0, 0.1) is 52.4 Å². The topological polar surface area (TPSA) is 9.23 Å². The Kier molecular flexibility index (Phi) is 5.77. The average molecular weight is 522 g/mol. The van der Waals surface area contributed by atoms with Crippen molar-refractivity contribution >= 4 is 21.5 Å². The molecule has 0 saturated heterocycles. The van der Waals surface area contributed by atoms with Crippen LogP contribution >= 0.6 is 0 Å². The van der Waals surface area contributed by atoms with Crippen LogP contribution in [0.1, 0.15) is 0 Å². The molecule has 0 radical (unpaired) electrons. The fourth-order valence-electron chi connectivity index (χ4n) is 4.45. The first-order chi connectivity index (χ1) is 17.5. The van der Waals surface area contributed by atoms with Gasteiger partial charge in [0.2, 0.25) is 11.6 Å². The highest BCUT2D eigenvalue weighted by molar-refractivity contribution is 6.21. The molecular formula is C27H11F9O. The van der Waals surface area contributed by atoms with Crippen molar-refractivity contribution in [3.8, 4) is 28.0 Å². The van der Waals surface area contributed by atoms with Crippen LogP contribution in [0.5, 0.6) is 5.75 Å². The zero-order valence-electron chi connectivity index (χ0n) is 18.4. The molecule has 0 fully saturated rings. The van der Waals surface area contributed by atoms with E-state index in [1.807, 2.05) is 0 Å². The quantitative estimate of drug-likeness (QED) is 0.131. The molecule has 1 nitrogen and oxygen atoms in total. The summed E-state index contributed by atoms with van der Waals surface area (Å²) in [7, 11) is 0.768. The number of rotatable bonds is 3. The summed E-state index contributed by atoms with van der Waals surface area (Å²) in [6.45, 7) is 0. The van der Waals surface area contributed by atoms with E-state index in [1.165, 1.54) is 0 Å². The minimum Gasteiger partial charge on any atom is -0.491 e. The Hall–Kier alpha value is -4.21. The highest BCUT2D eigenvalue weighted by Crippen LogP contribution is 2.47. The van der Waals surface area contributed by atoms with E-state index in [2.05, 4.69) is 4.74 Å². The third-order valence-corrected chi connectivity index (χ3v) is 6.00. The Morgan fingerprint density at radius 3 is 1.54 bits per heavy atom. The van der Waals surface area contributed by atoms with E-state index in [4.69, 9.17) is 0 Å². The minimum absolute atomic E-state index is 0.157. The molecule has 188 valence electrons. The lowest BCUT2D eigenvalue weighted by Crippen LogP contribution is -2.05. The zero-order valence-corrected chi connectivity index (χ0v) is 18.4. The third-order valence-electron chi connectivity index (χ3n) is 6.00. The van der Waals surface area contributed by atoms with Crippen molar-refractivity contribution in [3.05, 3.63) is 101 Å². The summed E-state index contributed by atoms with van der Waals surface area (Å²) in [5.74, 6) is -15.2. The van der Waals surface area contributed by atoms with E-state index in [0.717, 1.165) is 37.4 Å². The second-order valence-electron chi connectivity index (χ2n) is 8.04. The highest BCUT2D eigenvalue weighted by atomic mass is 19.2. The Bertz CT molecular complexity index is 1730. The van der Waals surface area contributed by atoms with Gasteiger partial charge in [0, 0.05) is 22.8 Å². The van der Waals surface area contributed by atoms with Crippen LogP contribution in [0.4, 0.5) is 39.5 Å². The molecule has 0 aliphatic carbocycles. The SMILES string of the molecule is COc1c(F)c(F)c(-c2c3cc(F)ccc3c(-c3ccc(F)cc3F)c3cc(F)c(F)cc23)c(F)c1F. The molecule has 0 aromatic heterocycles. The maximum Gasteiger partial charge on any atom is 0.204 e. The van der Waals surface area contributed by atoms with Gasteiger partial charge in [-0.3, -0.25) is 0 Å². The molecule has 0 N–H and O–H groups in total. The molecule has 0 unspecified atom stereocenters. The number of methoxy groups -OCH3 is 1. The van der Waals surface area contributed by atoms with E-state index in [1.54, 1.807) is 0 Å². The van der Waals surface area contributed by atoms with Crippen LogP contribution in [-0.2, 0) is 0 Å². The van der Waals surface area contributed by atoms with Crippen molar-refractivity contribution in [2.24, 2.45) is 0 Å². The normalized spacial score (nSPS) is 11.5. The molecule has 0 aliphatic rings. The third kappa shape index (κ3) is 3.66. The molecule has 0 bridgehead atoms. The molecule has 0 heterocycles. The molecule has 5 aromatic carbocycles. The molecule has 5 aromatic rings. The van der Waals surface area contributed by atoms with Crippen molar-refractivity contribution in [1.29, 1.82) is 0 Å². The predicted octanol–water partition coefficient (Wildman–Crippen LogP) is 8.59. The Morgan fingerprint density at radius 1 is 0.459 bits per heavy atom. The molecule has 37 heavy (non-hydrogen) atoms. The second-order valence-corrected chi connectivity index (χ2v) is 8.04. The van der Waals surface area contributed by atoms with Gasteiger partial charge in [-0.1, -0.05) is 6.07 Å². The van der Waals surface area contributed by atoms with Gasteiger partial charge in [-0.15, -0.1) is 0 Å². The van der Waals surface area contributed by atoms with Crippen molar-refractivity contribution in [2.75, 3.05) is 7.11 Å². The van der Waals surface area contributed by atoms with Gasteiger partial charge in [0.15, 0.2) is 29.0 Å². The molecule has 0 aliphatic heterocycles. The number of benzene rings is 5. The number of ether oxygens (including phenoxy) is 1. The summed E-state index contributed by atoms with van der Waals surface area (Å²) in [4.78, 5) is 0. The summed E-state index contributed by atoms with van der Waals surface area (Å²) in [6, 6.07) is 6.12. The predicted molar refractivity (Wildman–Crippen MR) is 119 cm³/mol. The number of hydrogen-bond acceptors (Lipinski definition) is 1. The van der Waals surface area contributed by atoms with Crippen LogP contribution in [0.2, 0.25) is 0 Å². The van der Waals surface area contributed by atoms with Gasteiger partial charge in [0.05, 0.1) is 12.7 Å². The zero-order chi connectivity index (χ0) is 26.8. The van der Waals surface area contributed by atoms with Crippen LogP contribution in [0.15, 0.2) is 48.5 Å². The molecule has 5 rings (SSSR count). The van der Waals surface area contributed by atoms with Crippen LogP contribution in [0.25, 0.3) is 43.8 Å². The van der Waals surface area contributed by atoms with Crippen LogP contribution in [-0.4, -0.2) is 7.11 Å². The number of fused-ring (bicyclic) bond motifs is 2. The highest BCUT2D eigenvalue weighted by Gasteiger charge is 2.31. The fraction of sp³-hybridized carbons (Fsp3) is 0.0370. The lowest BCUT2D eigenvalue weighted by molar-refractivity contribution is 0.334. The lowest BCUT2D eigenvalue weighted by atomic mass is 9.85. The van der Waals surface area contributed by atoms with Gasteiger partial charge in [-0.2, -0.15) is 8.78 Å². The number of hydrogen-bond donors (Lipinski definition) is 0. The summed E-state index contributed by atoms with van der Waals surface area (Å²) >= 11 is 0. The smallest absolute Gasteiger partial charge is 0.204 e. The van der Waals surface area contributed by atoms with Crippen molar-refractivity contribution < 1.29 is 44.3 Å². The monoisotopic (exact) mass is 522 g/mol. The first kappa shape index (κ1) is 24.5. The van der Waals surface area contributed by atoms with Gasteiger partial charge >= 0.3 is 0 Å². The van der Waals surface area contributed by atoms with Gasteiger partial charge < -0.3 is 4.74 Å². The summed E-state index contributed by atoms with van der Waals surface area (Å²) < 4.78 is 136. The first-order valence-corrected chi connectivity index (χ1v) is 10.4. The second kappa shape index (κ2) is 8.72. The molecule has 0 saturated carbocycles. The fourth-order valence-corrected chi connectivity index (χ4v) is 4.45. The maximum atomic E-state index is 15.2. The van der Waals surface area contributed by atoms with Crippen molar-refractivity contribution in [3.63, 3.8) is 0 Å². The van der Waals surface area contributed by atoms with Crippen molar-refractivity contribution in [1.82, 2.24) is 0 Å². The Labute approximate surface area is 202 Å². The molecule has 0 atom stereocenters. The van der Waals surface area contributed by atoms with Crippen LogP contribution in [0.3, 0.4) is 0 Å². The molecule has 10 heteroatoms. The largest absolute Gasteiger partial charge is 0.491 e. The van der Waals surface area contributed by atoms with Gasteiger partial charge in [-0.25, -0.2) is 30.7 Å². The standard InChI is InChI=1S/C27H11F9O/c1-37-27-25(35)23(33)22(24(34)26(27)36)21-14-6-10(28)2-4-12(14)20(13-5-3-11(29)7-17(13)30)15-8-18(31)19(32)9-16(15)21/h2-9H,1H3. The van der Waals surface area contributed by atoms with E-state index in [0.29, 0.717) is 18.2 Å². The van der Waals surface area contributed by atoms with Crippen molar-refractivity contribution in [2.45, 2.75) is 0 Å². The number of halogens is 9. The summed E-state index contributed by atoms with van der Waals surface area (Å²) in [5.41, 5.74) is -2.63. The van der Waals surface area contributed by atoms with Gasteiger partial charge in [0.25, 0.3) is 0 Å². The summed E-state index contributed by atoms with van der Waals surface area (Å²) in [5, 5.41) is -1.46. The van der Waals surface area contributed by atoms with Gasteiger partial charge in [-0.05, 0) is 57.9 Å². The lowest BCUT2D eigenvalue weighted by Gasteiger charge is -2.20. The van der Waals surface area contributed by atoms with E-state index < -0.39 is 80.0 Å². The van der Waals surface area contributed by atoms with E-state index in [-0.39, 0.29) is 21.9 Å². The average Bonchev–Trinajstić information content (AvgIpc) is 2.85. The van der Waals surface area contributed by atoms with E-state index >= 15 is 8.78 Å².